The van der Waals surface area contributed by atoms with E-state index in [1.54, 1.807) is 6.07 Å². The van der Waals surface area contributed by atoms with Crippen molar-refractivity contribution in [2.75, 3.05) is 6.61 Å². The first-order valence-corrected chi connectivity index (χ1v) is 6.46. The molecule has 0 radical (unpaired) electrons. The molecule has 19 heavy (non-hydrogen) atoms. The fraction of sp³-hybridized carbons (Fsp3) is 0.250. The van der Waals surface area contributed by atoms with Gasteiger partial charge < -0.3 is 10.5 Å². The minimum Gasteiger partial charge on any atom is -0.493 e. The summed E-state index contributed by atoms with van der Waals surface area (Å²) in [5, 5.41) is 0. The molecule has 3 heteroatoms. The van der Waals surface area contributed by atoms with Crippen molar-refractivity contribution in [2.45, 2.75) is 18.9 Å². The maximum absolute atomic E-state index is 13.3. The minimum absolute atomic E-state index is 0.299. The molecule has 0 heterocycles. The van der Waals surface area contributed by atoms with Crippen LogP contribution in [0.15, 0.2) is 42.5 Å². The fourth-order valence-electron chi connectivity index (χ4n) is 2.53. The maximum Gasteiger partial charge on any atom is 0.127 e. The summed E-state index contributed by atoms with van der Waals surface area (Å²) in [5.74, 6) is 0.678. The second-order valence-corrected chi connectivity index (χ2v) is 4.91. The van der Waals surface area contributed by atoms with Crippen LogP contribution in [0.2, 0.25) is 0 Å². The summed E-state index contributed by atoms with van der Waals surface area (Å²) < 4.78 is 19.0. The molecule has 0 saturated heterocycles. The van der Waals surface area contributed by atoms with E-state index >= 15 is 0 Å². The zero-order valence-electron chi connectivity index (χ0n) is 10.6. The van der Waals surface area contributed by atoms with Gasteiger partial charge in [-0.1, -0.05) is 24.3 Å². The Morgan fingerprint density at radius 3 is 2.84 bits per heavy atom. The molecule has 2 aromatic rings. The van der Waals surface area contributed by atoms with Crippen LogP contribution in [0.1, 0.15) is 22.6 Å². The van der Waals surface area contributed by atoms with Crippen LogP contribution in [-0.4, -0.2) is 6.61 Å². The third-order valence-electron chi connectivity index (χ3n) is 3.58. The second kappa shape index (κ2) is 5.02. The molecule has 0 amide bonds. The molecular weight excluding hydrogens is 241 g/mol. The molecule has 1 aliphatic rings. The molecule has 0 spiro atoms. The van der Waals surface area contributed by atoms with Gasteiger partial charge in [0.1, 0.15) is 11.6 Å². The highest BCUT2D eigenvalue weighted by molar-refractivity contribution is 5.40. The second-order valence-electron chi connectivity index (χ2n) is 4.91. The number of nitrogens with two attached hydrogens (primary N) is 1. The molecule has 3 rings (SSSR count). The predicted molar refractivity (Wildman–Crippen MR) is 72.7 cm³/mol. The van der Waals surface area contributed by atoms with E-state index < -0.39 is 0 Å². The number of ether oxygens (including phenoxy) is 1. The van der Waals surface area contributed by atoms with Crippen molar-refractivity contribution in [1.29, 1.82) is 0 Å². The van der Waals surface area contributed by atoms with Gasteiger partial charge in [-0.25, -0.2) is 4.39 Å². The Morgan fingerprint density at radius 2 is 2.05 bits per heavy atom. The van der Waals surface area contributed by atoms with Gasteiger partial charge in [0.25, 0.3) is 0 Å². The molecule has 0 bridgehead atoms. The molecule has 98 valence electrons. The molecule has 2 aromatic carbocycles. The van der Waals surface area contributed by atoms with Crippen molar-refractivity contribution in [3.05, 3.63) is 65.0 Å². The van der Waals surface area contributed by atoms with E-state index in [0.29, 0.717) is 24.8 Å². The lowest BCUT2D eigenvalue weighted by Gasteiger charge is -2.29. The summed E-state index contributed by atoms with van der Waals surface area (Å²) >= 11 is 0. The van der Waals surface area contributed by atoms with E-state index in [0.717, 1.165) is 12.0 Å². The van der Waals surface area contributed by atoms with Gasteiger partial charge in [-0.15, -0.1) is 0 Å². The Balaban J connectivity index is 1.66. The Kier molecular flexibility index (Phi) is 3.22. The van der Waals surface area contributed by atoms with Crippen molar-refractivity contribution < 1.29 is 9.13 Å². The zero-order valence-corrected chi connectivity index (χ0v) is 10.6. The summed E-state index contributed by atoms with van der Waals surface area (Å²) in [6.45, 7) is 0.908. The zero-order chi connectivity index (χ0) is 13.2. The fourth-order valence-corrected chi connectivity index (χ4v) is 2.53. The van der Waals surface area contributed by atoms with Crippen LogP contribution in [0, 0.1) is 5.82 Å². The van der Waals surface area contributed by atoms with Gasteiger partial charge in [-0.2, -0.15) is 0 Å². The topological polar surface area (TPSA) is 35.2 Å². The molecule has 0 fully saturated rings. The molecule has 1 atom stereocenters. The van der Waals surface area contributed by atoms with Crippen molar-refractivity contribution >= 4 is 0 Å². The van der Waals surface area contributed by atoms with Gasteiger partial charge in [0, 0.05) is 18.5 Å². The number of benzene rings is 2. The largest absolute Gasteiger partial charge is 0.493 e. The van der Waals surface area contributed by atoms with Crippen LogP contribution in [0.3, 0.4) is 0 Å². The Morgan fingerprint density at radius 1 is 1.21 bits per heavy atom. The number of halogens is 1. The van der Waals surface area contributed by atoms with E-state index in [2.05, 4.69) is 18.2 Å². The molecule has 0 aromatic heterocycles. The van der Waals surface area contributed by atoms with Crippen molar-refractivity contribution in [3.63, 3.8) is 0 Å². The van der Waals surface area contributed by atoms with Gasteiger partial charge in [0.2, 0.25) is 0 Å². The summed E-state index contributed by atoms with van der Waals surface area (Å²) in [6.07, 6.45) is 1.04. The molecule has 2 N–H and O–H groups in total. The molecule has 1 unspecified atom stereocenters. The van der Waals surface area contributed by atoms with Gasteiger partial charge in [0.05, 0.1) is 6.61 Å². The lowest BCUT2D eigenvalue weighted by molar-refractivity contribution is 0.274. The number of hydrogen-bond donors (Lipinski definition) is 1. The first kappa shape index (κ1) is 12.2. The Labute approximate surface area is 112 Å². The van der Waals surface area contributed by atoms with E-state index in [4.69, 9.17) is 10.5 Å². The smallest absolute Gasteiger partial charge is 0.127 e. The van der Waals surface area contributed by atoms with Crippen LogP contribution in [0.5, 0.6) is 5.75 Å². The van der Waals surface area contributed by atoms with Crippen molar-refractivity contribution in [3.8, 4) is 5.75 Å². The lowest BCUT2D eigenvalue weighted by atomic mass is 9.78. The summed E-state index contributed by atoms with van der Waals surface area (Å²) in [7, 11) is 0. The highest BCUT2D eigenvalue weighted by atomic mass is 19.1. The van der Waals surface area contributed by atoms with Gasteiger partial charge in [0.15, 0.2) is 0 Å². The van der Waals surface area contributed by atoms with E-state index in [9.17, 15) is 4.39 Å². The average molecular weight is 257 g/mol. The molecule has 2 nitrogen and oxygen atoms in total. The monoisotopic (exact) mass is 257 g/mol. The predicted octanol–water partition coefficient (Wildman–Crippen LogP) is 3.00. The quantitative estimate of drug-likeness (QED) is 0.913. The Hall–Kier alpha value is -1.87. The first-order chi connectivity index (χ1) is 9.26. The summed E-state index contributed by atoms with van der Waals surface area (Å²) in [5.41, 5.74) is 9.01. The molecular formula is C16H16FNO. The van der Waals surface area contributed by atoms with Gasteiger partial charge in [-0.3, -0.25) is 0 Å². The maximum atomic E-state index is 13.3. The highest BCUT2D eigenvalue weighted by Crippen LogP contribution is 2.35. The number of hydrogen-bond acceptors (Lipinski definition) is 2. The standard InChI is InChI=1S/C16H16FNO/c17-14-5-11(9-18)6-15(8-14)19-10-13-7-12-3-1-2-4-16(12)13/h1-6,8,13H,7,9-10,18H2. The molecule has 1 aliphatic carbocycles. The minimum atomic E-state index is -0.299. The highest BCUT2D eigenvalue weighted by Gasteiger charge is 2.25. The normalized spacial score (nSPS) is 16.6. The lowest BCUT2D eigenvalue weighted by Crippen LogP contribution is -2.23. The number of fused-ring (bicyclic) bond motifs is 1. The van der Waals surface area contributed by atoms with E-state index in [-0.39, 0.29) is 5.82 Å². The first-order valence-electron chi connectivity index (χ1n) is 6.46. The third-order valence-corrected chi connectivity index (χ3v) is 3.58. The number of rotatable bonds is 4. The summed E-state index contributed by atoms with van der Waals surface area (Å²) in [4.78, 5) is 0. The van der Waals surface area contributed by atoms with Crippen LogP contribution >= 0.6 is 0 Å². The van der Waals surface area contributed by atoms with Crippen LogP contribution in [-0.2, 0) is 13.0 Å². The molecule has 0 aliphatic heterocycles. The van der Waals surface area contributed by atoms with Crippen molar-refractivity contribution in [1.82, 2.24) is 0 Å². The van der Waals surface area contributed by atoms with Crippen LogP contribution in [0.4, 0.5) is 4.39 Å². The third kappa shape index (κ3) is 2.47. The van der Waals surface area contributed by atoms with Gasteiger partial charge in [-0.05, 0) is 35.2 Å². The van der Waals surface area contributed by atoms with E-state index in [1.807, 2.05) is 6.07 Å². The SMILES string of the molecule is NCc1cc(F)cc(OCC2Cc3ccccc32)c1. The van der Waals surface area contributed by atoms with Gasteiger partial charge >= 0.3 is 0 Å². The Bertz CT molecular complexity index is 597. The van der Waals surface area contributed by atoms with E-state index in [1.165, 1.54) is 23.3 Å². The molecule has 0 saturated carbocycles. The van der Waals surface area contributed by atoms with Crippen LogP contribution in [0.25, 0.3) is 0 Å². The van der Waals surface area contributed by atoms with Crippen molar-refractivity contribution in [2.24, 2.45) is 5.73 Å². The van der Waals surface area contributed by atoms with Crippen LogP contribution < -0.4 is 10.5 Å². The average Bonchev–Trinajstić information content (AvgIpc) is 2.39. The summed E-state index contributed by atoms with van der Waals surface area (Å²) in [6, 6.07) is 13.0.